The van der Waals surface area contributed by atoms with Gasteiger partial charge in [-0.2, -0.15) is 0 Å². The van der Waals surface area contributed by atoms with Crippen molar-refractivity contribution in [3.63, 3.8) is 0 Å². The number of esters is 2. The van der Waals surface area contributed by atoms with Crippen molar-refractivity contribution in [3.8, 4) is 0 Å². The normalized spacial score (nSPS) is 13.6. The van der Waals surface area contributed by atoms with Gasteiger partial charge in [-0.25, -0.2) is 0 Å². The van der Waals surface area contributed by atoms with E-state index in [1.165, 1.54) is 64.2 Å². The Morgan fingerprint density at radius 3 is 0.914 bits per heavy atom. The molecule has 0 fully saturated rings. The molecule has 70 heavy (non-hydrogen) atoms. The Labute approximate surface area is 430 Å². The molecule has 1 atom stereocenters. The summed E-state index contributed by atoms with van der Waals surface area (Å²) in [6.07, 6.45) is 91.9. The van der Waals surface area contributed by atoms with E-state index in [1.807, 2.05) is 12.2 Å². The summed E-state index contributed by atoms with van der Waals surface area (Å²) in [5, 5.41) is 9.63. The van der Waals surface area contributed by atoms with Gasteiger partial charge in [0, 0.05) is 12.8 Å². The van der Waals surface area contributed by atoms with Gasteiger partial charge in [0.1, 0.15) is 6.61 Å². The lowest BCUT2D eigenvalue weighted by Crippen LogP contribution is -2.28. The van der Waals surface area contributed by atoms with Crippen molar-refractivity contribution >= 4 is 11.9 Å². The fourth-order valence-corrected chi connectivity index (χ4v) is 6.95. The minimum Gasteiger partial charge on any atom is -0.462 e. The highest BCUT2D eigenvalue weighted by atomic mass is 16.6. The maximum Gasteiger partial charge on any atom is 0.306 e. The Hall–Kier alpha value is -4.74. The minimum absolute atomic E-state index is 0.117. The summed E-state index contributed by atoms with van der Waals surface area (Å²) in [6.45, 7) is 3.83. The molecule has 0 saturated heterocycles. The number of hydrogen-bond donors (Lipinski definition) is 1. The van der Waals surface area contributed by atoms with Crippen molar-refractivity contribution in [2.24, 2.45) is 0 Å². The molecule has 0 radical (unpaired) electrons. The fourth-order valence-electron chi connectivity index (χ4n) is 6.95. The highest BCUT2D eigenvalue weighted by Gasteiger charge is 2.16. The van der Waals surface area contributed by atoms with E-state index in [2.05, 4.69) is 172 Å². The quantitative estimate of drug-likeness (QED) is 0.0374. The Bertz CT molecular complexity index is 1600. The Balaban J connectivity index is 3.63. The molecule has 390 valence electrons. The molecule has 0 aliphatic carbocycles. The second-order valence-electron chi connectivity index (χ2n) is 17.5. The number of rotatable bonds is 48. The van der Waals surface area contributed by atoms with Gasteiger partial charge in [0.25, 0.3) is 0 Å². The fraction of sp³-hybridized carbons (Fsp3) is 0.538. The molecule has 0 bridgehead atoms. The summed E-state index contributed by atoms with van der Waals surface area (Å²) < 4.78 is 10.6. The van der Waals surface area contributed by atoms with Crippen LogP contribution in [0.25, 0.3) is 0 Å². The van der Waals surface area contributed by atoms with Crippen LogP contribution in [-0.2, 0) is 19.1 Å². The van der Waals surface area contributed by atoms with E-state index in [9.17, 15) is 14.7 Å². The van der Waals surface area contributed by atoms with E-state index in [-0.39, 0.29) is 31.6 Å². The summed E-state index contributed by atoms with van der Waals surface area (Å²) in [5.74, 6) is -0.703. The monoisotopic (exact) mass is 961 g/mol. The van der Waals surface area contributed by atoms with Gasteiger partial charge in [0.15, 0.2) is 6.10 Å². The van der Waals surface area contributed by atoms with Gasteiger partial charge in [0.05, 0.1) is 6.61 Å². The van der Waals surface area contributed by atoms with Gasteiger partial charge < -0.3 is 14.6 Å². The van der Waals surface area contributed by atoms with E-state index in [0.717, 1.165) is 109 Å². The van der Waals surface area contributed by atoms with E-state index in [0.29, 0.717) is 12.8 Å². The molecule has 0 aromatic carbocycles. The van der Waals surface area contributed by atoms with Crippen LogP contribution in [0.5, 0.6) is 0 Å². The van der Waals surface area contributed by atoms with Crippen LogP contribution in [-0.4, -0.2) is 36.4 Å². The van der Waals surface area contributed by atoms with Crippen LogP contribution in [0.4, 0.5) is 0 Å². The van der Waals surface area contributed by atoms with Crippen LogP contribution in [0.3, 0.4) is 0 Å². The third-order valence-corrected chi connectivity index (χ3v) is 11.0. The molecule has 5 nitrogen and oxygen atoms in total. The molecule has 0 amide bonds. The Kier molecular flexibility index (Phi) is 54.6. The average molecular weight is 962 g/mol. The molecular weight excluding hydrogens is 861 g/mol. The molecule has 0 saturated carbocycles. The molecule has 0 heterocycles. The molecular formula is C65H100O5. The second kappa shape index (κ2) is 58.6. The van der Waals surface area contributed by atoms with Crippen LogP contribution in [0, 0.1) is 0 Å². The van der Waals surface area contributed by atoms with E-state index in [1.54, 1.807) is 0 Å². The van der Waals surface area contributed by atoms with Crippen molar-refractivity contribution in [1.29, 1.82) is 0 Å². The Morgan fingerprint density at radius 2 is 0.600 bits per heavy atom. The maximum absolute atomic E-state index is 12.3. The van der Waals surface area contributed by atoms with Crippen molar-refractivity contribution in [3.05, 3.63) is 170 Å². The van der Waals surface area contributed by atoms with E-state index >= 15 is 0 Å². The van der Waals surface area contributed by atoms with Crippen LogP contribution in [0.15, 0.2) is 170 Å². The number of ether oxygens (including phenoxy) is 2. The lowest BCUT2D eigenvalue weighted by molar-refractivity contribution is -0.161. The average Bonchev–Trinajstić information content (AvgIpc) is 3.36. The largest absolute Gasteiger partial charge is 0.462 e. The summed E-state index contributed by atoms with van der Waals surface area (Å²) in [6, 6.07) is 0. The van der Waals surface area contributed by atoms with Crippen LogP contribution >= 0.6 is 0 Å². The molecule has 0 spiro atoms. The SMILES string of the molecule is CC/C=C\C/C=C\C/C=C\C/C=C\C/C=C\C/C=C\C/C=C\C/C=C\CCCCCCCCCCCCCCC(=O)OC(CO)COC(=O)CC/C=C\C/C=C\C/C=C\C/C=C\C/C=C\C/C=C\CC. The summed E-state index contributed by atoms with van der Waals surface area (Å²) in [4.78, 5) is 24.4. The molecule has 0 aromatic rings. The molecule has 0 aromatic heterocycles. The number of hydrogen-bond acceptors (Lipinski definition) is 5. The lowest BCUT2D eigenvalue weighted by Gasteiger charge is -2.15. The molecule has 0 aliphatic rings. The van der Waals surface area contributed by atoms with Gasteiger partial charge in [-0.3, -0.25) is 9.59 Å². The van der Waals surface area contributed by atoms with Crippen molar-refractivity contribution in [2.45, 2.75) is 213 Å². The van der Waals surface area contributed by atoms with Crippen molar-refractivity contribution < 1.29 is 24.2 Å². The molecule has 1 N–H and O–H groups in total. The van der Waals surface area contributed by atoms with Gasteiger partial charge in [-0.1, -0.05) is 248 Å². The van der Waals surface area contributed by atoms with Crippen LogP contribution in [0.2, 0.25) is 0 Å². The third kappa shape index (κ3) is 55.9. The molecule has 0 aliphatic heterocycles. The molecule has 0 rings (SSSR count). The zero-order valence-electron chi connectivity index (χ0n) is 44.5. The number of aliphatic hydroxyl groups excluding tert-OH is 1. The first-order valence-electron chi connectivity index (χ1n) is 27.7. The smallest absolute Gasteiger partial charge is 0.306 e. The summed E-state index contributed by atoms with van der Waals surface area (Å²) in [5.41, 5.74) is 0. The number of aliphatic hydroxyl groups is 1. The van der Waals surface area contributed by atoms with Gasteiger partial charge in [-0.05, 0) is 116 Å². The third-order valence-electron chi connectivity index (χ3n) is 11.0. The summed E-state index contributed by atoms with van der Waals surface area (Å²) in [7, 11) is 0. The topological polar surface area (TPSA) is 72.8 Å². The second-order valence-corrected chi connectivity index (χ2v) is 17.5. The van der Waals surface area contributed by atoms with Crippen LogP contribution in [0.1, 0.15) is 206 Å². The lowest BCUT2D eigenvalue weighted by atomic mass is 10.0. The number of allylic oxidation sites excluding steroid dienone is 28. The van der Waals surface area contributed by atoms with Crippen LogP contribution < -0.4 is 0 Å². The number of carbonyl (C=O) groups is 2. The standard InChI is InChI=1S/C65H100O5/c1-3-5-7-9-11-13-15-17-19-21-23-24-25-26-27-28-29-30-31-32-33-34-35-36-37-38-39-40-42-44-46-48-50-52-54-56-58-60-65(68)70-63(61-66)62-69-64(67)59-57-55-53-51-49-47-45-43-41-22-20-18-16-14-12-10-8-6-4-2/h5-8,11-14,17-20,23-24,26-27,29-30,32-33,35-36,41,43,47,49,53,55,63,66H,3-4,9-10,15-16,21-22,25,28,31,34,37-40,42,44-46,48,50-52,54,56-62H2,1-2H3/b7-5-,8-6-,13-11-,14-12-,19-17-,20-18-,24-23-,27-26-,30-29-,33-32-,36-35-,43-41-,49-47-,55-53-. The van der Waals surface area contributed by atoms with E-state index in [4.69, 9.17) is 9.47 Å². The van der Waals surface area contributed by atoms with Gasteiger partial charge in [0.2, 0.25) is 0 Å². The predicted octanol–water partition coefficient (Wildman–Crippen LogP) is 19.0. The molecule has 5 heteroatoms. The zero-order chi connectivity index (χ0) is 50.6. The Morgan fingerprint density at radius 1 is 0.329 bits per heavy atom. The predicted molar refractivity (Wildman–Crippen MR) is 306 cm³/mol. The number of carbonyl (C=O) groups excluding carboxylic acids is 2. The van der Waals surface area contributed by atoms with Gasteiger partial charge in [-0.15, -0.1) is 0 Å². The first-order chi connectivity index (χ1) is 34.6. The first-order valence-corrected chi connectivity index (χ1v) is 27.7. The van der Waals surface area contributed by atoms with E-state index < -0.39 is 6.10 Å². The highest BCUT2D eigenvalue weighted by Crippen LogP contribution is 2.14. The molecule has 1 unspecified atom stereocenters. The zero-order valence-corrected chi connectivity index (χ0v) is 44.5. The minimum atomic E-state index is -0.817. The number of unbranched alkanes of at least 4 members (excludes halogenated alkanes) is 12. The summed E-state index contributed by atoms with van der Waals surface area (Å²) >= 11 is 0. The van der Waals surface area contributed by atoms with Crippen molar-refractivity contribution in [1.82, 2.24) is 0 Å². The maximum atomic E-state index is 12.3. The van der Waals surface area contributed by atoms with Gasteiger partial charge >= 0.3 is 11.9 Å². The first kappa shape index (κ1) is 65.3. The van der Waals surface area contributed by atoms with Crippen molar-refractivity contribution in [2.75, 3.05) is 13.2 Å². The highest BCUT2D eigenvalue weighted by molar-refractivity contribution is 5.70.